The van der Waals surface area contributed by atoms with Crippen molar-refractivity contribution in [1.82, 2.24) is 5.32 Å². The number of rotatable bonds is 2. The van der Waals surface area contributed by atoms with Gasteiger partial charge in [-0.2, -0.15) is 0 Å². The van der Waals surface area contributed by atoms with Crippen molar-refractivity contribution in [3.8, 4) is 0 Å². The Kier molecular flexibility index (Phi) is 2.54. The van der Waals surface area contributed by atoms with Gasteiger partial charge in [0.2, 0.25) is 0 Å². The number of nitrogens with zero attached hydrogens (tertiary/aromatic N) is 1. The zero-order valence-corrected chi connectivity index (χ0v) is 8.21. The van der Waals surface area contributed by atoms with Gasteiger partial charge in [-0.1, -0.05) is 18.2 Å². The fourth-order valence-corrected chi connectivity index (χ4v) is 1.59. The average Bonchev–Trinajstić information content (AvgIpc) is 2.77. The van der Waals surface area contributed by atoms with Crippen molar-refractivity contribution in [3.63, 3.8) is 0 Å². The van der Waals surface area contributed by atoms with Gasteiger partial charge in [-0.05, 0) is 11.8 Å². The van der Waals surface area contributed by atoms with Gasteiger partial charge in [-0.25, -0.2) is 4.79 Å². The Hall–Kier alpha value is -2.39. The van der Waals surface area contributed by atoms with Crippen LogP contribution in [-0.2, 0) is 4.79 Å². The molecule has 1 unspecified atom stereocenters. The summed E-state index contributed by atoms with van der Waals surface area (Å²) in [7, 11) is 0. The first kappa shape index (κ1) is 10.1. The van der Waals surface area contributed by atoms with E-state index in [1.807, 2.05) is 5.94 Å². The molecule has 1 aliphatic heterocycles. The Morgan fingerprint density at radius 1 is 1.31 bits per heavy atom. The van der Waals surface area contributed by atoms with Gasteiger partial charge in [0, 0.05) is 12.1 Å². The highest BCUT2D eigenvalue weighted by atomic mass is 16.6. The largest absolute Gasteiger partial charge is 0.356 e. The van der Waals surface area contributed by atoms with E-state index in [1.165, 1.54) is 12.1 Å². The summed E-state index contributed by atoms with van der Waals surface area (Å²) < 4.78 is 0. The number of nitro groups is 1. The van der Waals surface area contributed by atoms with Crippen LogP contribution in [0.2, 0.25) is 0 Å². The van der Waals surface area contributed by atoms with Gasteiger partial charge in [-0.3, -0.25) is 10.1 Å². The highest BCUT2D eigenvalue weighted by molar-refractivity contribution is 5.59. The van der Waals surface area contributed by atoms with Crippen LogP contribution in [0.25, 0.3) is 0 Å². The number of hydrogen-bond acceptors (Lipinski definition) is 4. The maximum Gasteiger partial charge on any atom is 0.269 e. The molecule has 5 heteroatoms. The second kappa shape index (κ2) is 4.00. The van der Waals surface area contributed by atoms with Crippen molar-refractivity contribution in [3.05, 3.63) is 57.9 Å². The van der Waals surface area contributed by atoms with Gasteiger partial charge in [0.25, 0.3) is 5.69 Å². The third-order valence-corrected chi connectivity index (χ3v) is 2.41. The number of non-ortho nitro benzene ring substituents is 1. The van der Waals surface area contributed by atoms with Gasteiger partial charge < -0.3 is 5.32 Å². The van der Waals surface area contributed by atoms with Crippen LogP contribution in [0, 0.1) is 10.1 Å². The zero-order valence-electron chi connectivity index (χ0n) is 8.21. The number of hydrogen-bond donors (Lipinski definition) is 1. The predicted molar refractivity (Wildman–Crippen MR) is 57.3 cm³/mol. The van der Waals surface area contributed by atoms with E-state index >= 15 is 0 Å². The number of benzene rings is 1. The number of nitro benzene ring substituents is 1. The first-order valence-corrected chi connectivity index (χ1v) is 4.65. The van der Waals surface area contributed by atoms with E-state index in [9.17, 15) is 14.9 Å². The normalized spacial score (nSPS) is 18.0. The SMILES string of the molecule is O=C=C1NC=CC1c1ccc([N+](=O)[O-])cc1. The minimum absolute atomic E-state index is 0.0373. The van der Waals surface area contributed by atoms with E-state index in [0.29, 0.717) is 5.70 Å². The summed E-state index contributed by atoms with van der Waals surface area (Å²) in [6.07, 6.45) is 3.47. The molecule has 0 radical (unpaired) electrons. The van der Waals surface area contributed by atoms with Crippen molar-refractivity contribution in [1.29, 1.82) is 0 Å². The Bertz CT molecular complexity index is 498. The molecular weight excluding hydrogens is 208 g/mol. The van der Waals surface area contributed by atoms with Crippen molar-refractivity contribution in [2.45, 2.75) is 5.92 Å². The van der Waals surface area contributed by atoms with Crippen molar-refractivity contribution >= 4 is 11.6 Å². The first-order chi connectivity index (χ1) is 7.72. The van der Waals surface area contributed by atoms with Crippen LogP contribution in [0.4, 0.5) is 5.69 Å². The fourth-order valence-electron chi connectivity index (χ4n) is 1.59. The molecule has 0 spiro atoms. The third-order valence-electron chi connectivity index (χ3n) is 2.41. The molecule has 0 saturated carbocycles. The van der Waals surface area contributed by atoms with E-state index in [4.69, 9.17) is 0 Å². The van der Waals surface area contributed by atoms with Crippen LogP contribution in [0.3, 0.4) is 0 Å². The highest BCUT2D eigenvalue weighted by Crippen LogP contribution is 2.27. The molecule has 0 saturated heterocycles. The minimum Gasteiger partial charge on any atom is -0.356 e. The molecule has 1 N–H and O–H groups in total. The monoisotopic (exact) mass is 216 g/mol. The fraction of sp³-hybridized carbons (Fsp3) is 0.0909. The first-order valence-electron chi connectivity index (χ1n) is 4.65. The van der Waals surface area contributed by atoms with Crippen molar-refractivity contribution in [2.75, 3.05) is 0 Å². The molecule has 1 heterocycles. The lowest BCUT2D eigenvalue weighted by Crippen LogP contribution is -2.06. The lowest BCUT2D eigenvalue weighted by molar-refractivity contribution is -0.384. The standard InChI is InChI=1S/C11H8N2O3/c14-7-11-10(5-6-12-11)8-1-3-9(4-2-8)13(15)16/h1-6,10,12H. The quantitative estimate of drug-likeness (QED) is 0.462. The van der Waals surface area contributed by atoms with Crippen molar-refractivity contribution in [2.24, 2.45) is 0 Å². The average molecular weight is 216 g/mol. The number of nitrogens with one attached hydrogen (secondary N) is 1. The summed E-state index contributed by atoms with van der Waals surface area (Å²) in [6.45, 7) is 0. The lowest BCUT2D eigenvalue weighted by atomic mass is 9.98. The van der Waals surface area contributed by atoms with E-state index < -0.39 is 4.92 Å². The van der Waals surface area contributed by atoms with Gasteiger partial charge in [0.1, 0.15) is 11.6 Å². The van der Waals surface area contributed by atoms with Gasteiger partial charge >= 0.3 is 0 Å². The van der Waals surface area contributed by atoms with Crippen LogP contribution >= 0.6 is 0 Å². The van der Waals surface area contributed by atoms with Crippen LogP contribution < -0.4 is 5.32 Å². The topological polar surface area (TPSA) is 72.2 Å². The predicted octanol–water partition coefficient (Wildman–Crippen LogP) is 1.51. The highest BCUT2D eigenvalue weighted by Gasteiger charge is 2.19. The summed E-state index contributed by atoms with van der Waals surface area (Å²) in [5.41, 5.74) is 1.29. The summed E-state index contributed by atoms with van der Waals surface area (Å²) in [5.74, 6) is 1.63. The third kappa shape index (κ3) is 1.71. The molecule has 1 aromatic rings. The Labute approximate surface area is 91.2 Å². The maximum atomic E-state index is 10.6. The van der Waals surface area contributed by atoms with E-state index in [-0.39, 0.29) is 11.6 Å². The molecule has 16 heavy (non-hydrogen) atoms. The molecule has 0 bridgehead atoms. The molecule has 0 fully saturated rings. The number of allylic oxidation sites excluding steroid dienone is 1. The van der Waals surface area contributed by atoms with E-state index in [0.717, 1.165) is 5.56 Å². The molecule has 80 valence electrons. The summed E-state index contributed by atoms with van der Waals surface area (Å²) >= 11 is 0. The Morgan fingerprint density at radius 2 is 2.00 bits per heavy atom. The number of carbonyl (C=O) groups excluding carboxylic acids is 1. The van der Waals surface area contributed by atoms with E-state index in [1.54, 1.807) is 24.4 Å². The van der Waals surface area contributed by atoms with Gasteiger partial charge in [-0.15, -0.1) is 0 Å². The summed E-state index contributed by atoms with van der Waals surface area (Å²) in [4.78, 5) is 20.6. The van der Waals surface area contributed by atoms with Crippen LogP contribution in [-0.4, -0.2) is 10.9 Å². The molecule has 1 atom stereocenters. The smallest absolute Gasteiger partial charge is 0.269 e. The van der Waals surface area contributed by atoms with Crippen LogP contribution in [0.5, 0.6) is 0 Å². The molecule has 0 aromatic heterocycles. The van der Waals surface area contributed by atoms with E-state index in [2.05, 4.69) is 5.32 Å². The molecule has 0 amide bonds. The van der Waals surface area contributed by atoms with Gasteiger partial charge in [0.15, 0.2) is 0 Å². The minimum atomic E-state index is -0.455. The van der Waals surface area contributed by atoms with Crippen LogP contribution in [0.15, 0.2) is 42.2 Å². The molecule has 2 rings (SSSR count). The Balaban J connectivity index is 2.32. The molecule has 0 aliphatic carbocycles. The summed E-state index contributed by atoms with van der Waals surface area (Å²) in [6, 6.07) is 6.11. The Morgan fingerprint density at radius 3 is 2.56 bits per heavy atom. The van der Waals surface area contributed by atoms with Gasteiger partial charge in [0.05, 0.1) is 10.8 Å². The second-order valence-corrected chi connectivity index (χ2v) is 3.35. The van der Waals surface area contributed by atoms with Crippen molar-refractivity contribution < 1.29 is 9.72 Å². The lowest BCUT2D eigenvalue weighted by Gasteiger charge is -2.07. The molecular formula is C11H8N2O3. The second-order valence-electron chi connectivity index (χ2n) is 3.35. The maximum absolute atomic E-state index is 10.6. The zero-order chi connectivity index (χ0) is 11.5. The molecule has 1 aromatic carbocycles. The molecule has 1 aliphatic rings. The molecule has 5 nitrogen and oxygen atoms in total. The van der Waals surface area contributed by atoms with Crippen LogP contribution in [0.1, 0.15) is 11.5 Å². The summed E-state index contributed by atoms with van der Waals surface area (Å²) in [5, 5.41) is 13.2.